The standard InChI is InChI=1S/C18H23N3SSi/c1-20(13-23(2,3)4)14-8-7-9-15(12-14)21-17-11-6-5-10-16(17)19-18(21)22/h5-12H,13H2,1-4H3,(H,19,22). The molecule has 23 heavy (non-hydrogen) atoms. The van der Waals surface area contributed by atoms with Crippen LogP contribution in [0.5, 0.6) is 0 Å². The average molecular weight is 342 g/mol. The number of imidazole rings is 1. The minimum atomic E-state index is -1.15. The molecule has 3 nitrogen and oxygen atoms in total. The topological polar surface area (TPSA) is 24.0 Å². The van der Waals surface area contributed by atoms with Gasteiger partial charge in [0.25, 0.3) is 0 Å². The van der Waals surface area contributed by atoms with E-state index in [1.807, 2.05) is 12.1 Å². The predicted molar refractivity (Wildman–Crippen MR) is 105 cm³/mol. The zero-order valence-corrected chi connectivity index (χ0v) is 15.9. The number of hydrogen-bond acceptors (Lipinski definition) is 2. The van der Waals surface area contributed by atoms with Gasteiger partial charge in [0.15, 0.2) is 4.77 Å². The van der Waals surface area contributed by atoms with Gasteiger partial charge < -0.3 is 9.88 Å². The fourth-order valence-electron chi connectivity index (χ4n) is 2.98. The van der Waals surface area contributed by atoms with Crippen LogP contribution in [0.15, 0.2) is 48.5 Å². The van der Waals surface area contributed by atoms with Crippen molar-refractivity contribution in [1.29, 1.82) is 0 Å². The largest absolute Gasteiger partial charge is 0.377 e. The van der Waals surface area contributed by atoms with E-state index in [0.29, 0.717) is 0 Å². The summed E-state index contributed by atoms with van der Waals surface area (Å²) >= 11 is 5.53. The van der Waals surface area contributed by atoms with Crippen LogP contribution in [-0.4, -0.2) is 30.8 Å². The lowest BCUT2D eigenvalue weighted by atomic mass is 10.2. The maximum absolute atomic E-state index is 5.53. The van der Waals surface area contributed by atoms with Crippen molar-refractivity contribution < 1.29 is 0 Å². The highest BCUT2D eigenvalue weighted by molar-refractivity contribution is 7.71. The first-order valence-electron chi connectivity index (χ1n) is 7.86. The molecule has 0 spiro atoms. The number of anilines is 1. The second-order valence-corrected chi connectivity index (χ2v) is 13.0. The summed E-state index contributed by atoms with van der Waals surface area (Å²) in [5, 5.41) is 0. The van der Waals surface area contributed by atoms with Crippen LogP contribution in [0.25, 0.3) is 16.7 Å². The van der Waals surface area contributed by atoms with Gasteiger partial charge in [-0.25, -0.2) is 0 Å². The zero-order valence-electron chi connectivity index (χ0n) is 14.1. The maximum Gasteiger partial charge on any atom is 0.182 e. The number of aromatic nitrogens is 2. The number of fused-ring (bicyclic) bond motifs is 1. The Labute approximate surface area is 143 Å². The van der Waals surface area contributed by atoms with Gasteiger partial charge in [0, 0.05) is 18.9 Å². The van der Waals surface area contributed by atoms with Gasteiger partial charge >= 0.3 is 0 Å². The van der Waals surface area contributed by atoms with Crippen molar-refractivity contribution in [2.75, 3.05) is 18.1 Å². The van der Waals surface area contributed by atoms with E-state index < -0.39 is 8.07 Å². The van der Waals surface area contributed by atoms with E-state index in [1.165, 1.54) is 5.69 Å². The quantitative estimate of drug-likeness (QED) is 0.533. The summed E-state index contributed by atoms with van der Waals surface area (Å²) in [6.45, 7) is 7.18. The molecule has 1 aromatic heterocycles. The van der Waals surface area contributed by atoms with Gasteiger partial charge in [0.1, 0.15) is 0 Å². The summed E-state index contributed by atoms with van der Waals surface area (Å²) in [6, 6.07) is 16.8. The molecule has 5 heteroatoms. The van der Waals surface area contributed by atoms with Crippen LogP contribution in [-0.2, 0) is 0 Å². The molecule has 0 amide bonds. The molecule has 0 fully saturated rings. The van der Waals surface area contributed by atoms with E-state index in [2.05, 4.69) is 77.5 Å². The Kier molecular flexibility index (Phi) is 4.16. The number of rotatable bonds is 4. The van der Waals surface area contributed by atoms with Gasteiger partial charge in [-0.15, -0.1) is 0 Å². The second kappa shape index (κ2) is 5.98. The molecule has 120 valence electrons. The summed E-state index contributed by atoms with van der Waals surface area (Å²) in [5.74, 6) is 0. The van der Waals surface area contributed by atoms with Crippen molar-refractivity contribution in [1.82, 2.24) is 9.55 Å². The molecule has 0 aliphatic heterocycles. The second-order valence-electron chi connectivity index (χ2n) is 7.22. The summed E-state index contributed by atoms with van der Waals surface area (Å²) in [7, 11) is 1.02. The monoisotopic (exact) mass is 341 g/mol. The molecule has 1 N–H and O–H groups in total. The SMILES string of the molecule is CN(C[Si](C)(C)C)c1cccc(-n2c(=S)[nH]c3ccccc32)c1. The van der Waals surface area contributed by atoms with Crippen LogP contribution in [0.2, 0.25) is 19.6 Å². The first kappa shape index (κ1) is 16.0. The Bertz CT molecular complexity index is 889. The number of para-hydroxylation sites is 2. The van der Waals surface area contributed by atoms with Crippen LogP contribution >= 0.6 is 12.2 Å². The molecule has 0 radical (unpaired) electrons. The fourth-order valence-corrected chi connectivity index (χ4v) is 4.90. The lowest BCUT2D eigenvalue weighted by Gasteiger charge is -2.27. The third-order valence-electron chi connectivity index (χ3n) is 3.83. The summed E-state index contributed by atoms with van der Waals surface area (Å²) in [5.41, 5.74) is 4.52. The Balaban J connectivity index is 2.06. The molecular formula is C18H23N3SSi. The predicted octanol–water partition coefficient (Wildman–Crippen LogP) is 5.00. The van der Waals surface area contributed by atoms with Gasteiger partial charge in [-0.05, 0) is 42.5 Å². The van der Waals surface area contributed by atoms with Crippen LogP contribution in [0.4, 0.5) is 5.69 Å². The zero-order chi connectivity index (χ0) is 16.6. The Morgan fingerprint density at radius 2 is 1.83 bits per heavy atom. The normalized spacial score (nSPS) is 11.8. The van der Waals surface area contributed by atoms with Crippen molar-refractivity contribution in [3.8, 4) is 5.69 Å². The summed E-state index contributed by atoms with van der Waals surface area (Å²) in [6.07, 6.45) is 1.13. The van der Waals surface area contributed by atoms with E-state index in [1.54, 1.807) is 0 Å². The maximum atomic E-state index is 5.53. The minimum absolute atomic E-state index is 0.733. The van der Waals surface area contributed by atoms with E-state index in [4.69, 9.17) is 12.2 Å². The molecule has 0 bridgehead atoms. The number of nitrogens with one attached hydrogen (secondary N) is 1. The lowest BCUT2D eigenvalue weighted by Crippen LogP contribution is -2.38. The molecule has 0 saturated carbocycles. The van der Waals surface area contributed by atoms with Crippen molar-refractivity contribution in [3.63, 3.8) is 0 Å². The molecule has 0 atom stereocenters. The third-order valence-corrected chi connectivity index (χ3v) is 5.54. The molecule has 1 heterocycles. The number of aromatic amines is 1. The van der Waals surface area contributed by atoms with Crippen molar-refractivity contribution in [2.45, 2.75) is 19.6 Å². The molecule has 0 aliphatic carbocycles. The van der Waals surface area contributed by atoms with Gasteiger partial charge in [-0.1, -0.05) is 37.8 Å². The van der Waals surface area contributed by atoms with E-state index in [-0.39, 0.29) is 0 Å². The minimum Gasteiger partial charge on any atom is -0.377 e. The Morgan fingerprint density at radius 3 is 2.57 bits per heavy atom. The molecule has 3 aromatic rings. The van der Waals surface area contributed by atoms with E-state index >= 15 is 0 Å². The molecule has 0 unspecified atom stereocenters. The number of hydrogen-bond donors (Lipinski definition) is 1. The highest BCUT2D eigenvalue weighted by Crippen LogP contribution is 2.23. The van der Waals surface area contributed by atoms with E-state index in [9.17, 15) is 0 Å². The Hall–Kier alpha value is -1.85. The van der Waals surface area contributed by atoms with Gasteiger partial charge in [0.05, 0.1) is 24.8 Å². The molecule has 2 aromatic carbocycles. The highest BCUT2D eigenvalue weighted by atomic mass is 32.1. The van der Waals surface area contributed by atoms with Crippen LogP contribution in [0.3, 0.4) is 0 Å². The average Bonchev–Trinajstić information content (AvgIpc) is 2.81. The molecule has 0 saturated heterocycles. The first-order chi connectivity index (χ1) is 10.8. The summed E-state index contributed by atoms with van der Waals surface area (Å²) < 4.78 is 2.84. The van der Waals surface area contributed by atoms with Crippen molar-refractivity contribution >= 4 is 37.0 Å². The van der Waals surface area contributed by atoms with Crippen LogP contribution < -0.4 is 4.90 Å². The Morgan fingerprint density at radius 1 is 1.09 bits per heavy atom. The molecule has 3 rings (SSSR count). The smallest absolute Gasteiger partial charge is 0.182 e. The summed E-state index contributed by atoms with van der Waals surface area (Å²) in [4.78, 5) is 5.64. The van der Waals surface area contributed by atoms with Gasteiger partial charge in [0.2, 0.25) is 0 Å². The highest BCUT2D eigenvalue weighted by Gasteiger charge is 2.17. The fraction of sp³-hybridized carbons (Fsp3) is 0.278. The third kappa shape index (κ3) is 3.40. The molecular weight excluding hydrogens is 318 g/mol. The van der Waals surface area contributed by atoms with Crippen LogP contribution in [0.1, 0.15) is 0 Å². The number of H-pyrrole nitrogens is 1. The van der Waals surface area contributed by atoms with Crippen molar-refractivity contribution in [2.24, 2.45) is 0 Å². The number of nitrogens with zero attached hydrogens (tertiary/aromatic N) is 2. The lowest BCUT2D eigenvalue weighted by molar-refractivity contribution is 1.03. The van der Waals surface area contributed by atoms with E-state index in [0.717, 1.165) is 27.7 Å². The first-order valence-corrected chi connectivity index (χ1v) is 12.0. The van der Waals surface area contributed by atoms with Gasteiger partial charge in [-0.2, -0.15) is 0 Å². The van der Waals surface area contributed by atoms with Gasteiger partial charge in [-0.3, -0.25) is 4.57 Å². The van der Waals surface area contributed by atoms with Crippen molar-refractivity contribution in [3.05, 3.63) is 53.3 Å². The molecule has 0 aliphatic rings. The number of benzene rings is 2. The van der Waals surface area contributed by atoms with Crippen LogP contribution in [0, 0.1) is 4.77 Å².